The molecular formula is C34H19NO3. The number of imide groups is 1. The lowest BCUT2D eigenvalue weighted by Gasteiger charge is -2.28. The largest absolute Gasteiger partial charge is 0.455 e. The molecule has 2 heterocycles. The molecule has 1 aliphatic rings. The fourth-order valence-electron chi connectivity index (χ4n) is 5.84. The molecule has 0 N–H and O–H groups in total. The molecule has 0 radical (unpaired) electrons. The number of furan rings is 1. The smallest absolute Gasteiger partial charge is 0.265 e. The van der Waals surface area contributed by atoms with E-state index >= 15 is 0 Å². The summed E-state index contributed by atoms with van der Waals surface area (Å²) in [5.41, 5.74) is 5.08. The molecule has 0 bridgehead atoms. The number of hydrogen-bond acceptors (Lipinski definition) is 3. The third-order valence-electron chi connectivity index (χ3n) is 7.59. The van der Waals surface area contributed by atoms with Crippen LogP contribution >= 0.6 is 0 Å². The first-order chi connectivity index (χ1) is 18.7. The first-order valence-electron chi connectivity index (χ1n) is 12.5. The molecule has 4 heteroatoms. The molecule has 4 nitrogen and oxygen atoms in total. The monoisotopic (exact) mass is 489 g/mol. The number of para-hydroxylation sites is 2. The van der Waals surface area contributed by atoms with Gasteiger partial charge in [-0.1, -0.05) is 84.9 Å². The zero-order valence-corrected chi connectivity index (χ0v) is 20.1. The Morgan fingerprint density at radius 1 is 0.500 bits per heavy atom. The molecule has 7 aromatic rings. The lowest BCUT2D eigenvalue weighted by molar-refractivity contribution is 0.0893. The Kier molecular flexibility index (Phi) is 4.21. The van der Waals surface area contributed by atoms with Crippen LogP contribution in [-0.2, 0) is 0 Å². The van der Waals surface area contributed by atoms with Gasteiger partial charge in [-0.15, -0.1) is 0 Å². The lowest BCUT2D eigenvalue weighted by atomic mass is 9.88. The number of nitrogens with zero attached hydrogens (tertiary/aromatic N) is 1. The molecule has 38 heavy (non-hydrogen) atoms. The van der Waals surface area contributed by atoms with Crippen molar-refractivity contribution in [1.29, 1.82) is 0 Å². The molecule has 0 unspecified atom stereocenters. The van der Waals surface area contributed by atoms with Crippen LogP contribution in [0.25, 0.3) is 54.6 Å². The Labute approximate surface area is 217 Å². The number of fused-ring (bicyclic) bond motifs is 4. The van der Waals surface area contributed by atoms with E-state index in [9.17, 15) is 9.59 Å². The van der Waals surface area contributed by atoms with Crippen molar-refractivity contribution in [1.82, 2.24) is 0 Å². The maximum Gasteiger partial charge on any atom is 0.265 e. The van der Waals surface area contributed by atoms with Crippen LogP contribution in [0.3, 0.4) is 0 Å². The third-order valence-corrected chi connectivity index (χ3v) is 7.59. The summed E-state index contributed by atoms with van der Waals surface area (Å²) in [4.78, 5) is 28.9. The van der Waals surface area contributed by atoms with E-state index in [1.54, 1.807) is 6.07 Å². The van der Waals surface area contributed by atoms with Crippen LogP contribution in [0.1, 0.15) is 20.7 Å². The highest BCUT2D eigenvalue weighted by Gasteiger charge is 2.34. The highest BCUT2D eigenvalue weighted by molar-refractivity contribution is 6.37. The molecule has 178 valence electrons. The summed E-state index contributed by atoms with van der Waals surface area (Å²) in [5, 5.41) is 5.67. The molecule has 0 atom stereocenters. The number of hydrogen-bond donors (Lipinski definition) is 0. The highest BCUT2D eigenvalue weighted by Crippen LogP contribution is 2.42. The summed E-state index contributed by atoms with van der Waals surface area (Å²) in [6.07, 6.45) is 0. The van der Waals surface area contributed by atoms with Gasteiger partial charge in [0.1, 0.15) is 11.2 Å². The Balaban J connectivity index is 1.34. The maximum absolute atomic E-state index is 13.8. The summed E-state index contributed by atoms with van der Waals surface area (Å²) in [5.74, 6) is -0.634. The number of rotatable bonds is 2. The minimum atomic E-state index is -0.317. The van der Waals surface area contributed by atoms with Gasteiger partial charge in [-0.05, 0) is 52.1 Å². The second-order valence-electron chi connectivity index (χ2n) is 9.65. The standard InChI is InChI=1S/C34H19NO3/c36-33-28-13-5-10-25-23(26-11-6-12-27-24-9-3-4-14-30(24)38-32(26)27)17-18-29(31(25)28)34(37)35(33)22-16-15-20-7-1-2-8-21(20)19-22/h1-19H. The van der Waals surface area contributed by atoms with Crippen molar-refractivity contribution < 1.29 is 14.0 Å². The van der Waals surface area contributed by atoms with E-state index in [0.717, 1.165) is 49.2 Å². The number of benzene rings is 6. The van der Waals surface area contributed by atoms with E-state index in [-0.39, 0.29) is 11.8 Å². The maximum atomic E-state index is 13.8. The van der Waals surface area contributed by atoms with Gasteiger partial charge in [0.25, 0.3) is 11.8 Å². The van der Waals surface area contributed by atoms with Crippen LogP contribution in [0.15, 0.2) is 120 Å². The van der Waals surface area contributed by atoms with Gasteiger partial charge in [0.2, 0.25) is 0 Å². The van der Waals surface area contributed by atoms with Gasteiger partial charge in [-0.3, -0.25) is 9.59 Å². The van der Waals surface area contributed by atoms with Crippen LogP contribution in [0.5, 0.6) is 0 Å². The van der Waals surface area contributed by atoms with E-state index in [4.69, 9.17) is 4.42 Å². The fraction of sp³-hybridized carbons (Fsp3) is 0. The molecule has 0 spiro atoms. The van der Waals surface area contributed by atoms with Crippen molar-refractivity contribution in [3.05, 3.63) is 126 Å². The number of carbonyl (C=O) groups excluding carboxylic acids is 2. The van der Waals surface area contributed by atoms with Gasteiger partial charge in [-0.2, -0.15) is 0 Å². The van der Waals surface area contributed by atoms with Crippen LogP contribution in [-0.4, -0.2) is 11.8 Å². The Morgan fingerprint density at radius 2 is 1.16 bits per heavy atom. The SMILES string of the molecule is O=C1c2cccc3c(-c4cccc5c4oc4ccccc45)ccc(c23)C(=O)N1c1ccc2ccccc2c1. The zero-order valence-electron chi connectivity index (χ0n) is 20.1. The summed E-state index contributed by atoms with van der Waals surface area (Å²) >= 11 is 0. The second kappa shape index (κ2) is 7.64. The topological polar surface area (TPSA) is 50.5 Å². The van der Waals surface area contributed by atoms with Gasteiger partial charge in [0, 0.05) is 32.8 Å². The number of amides is 2. The van der Waals surface area contributed by atoms with E-state index in [0.29, 0.717) is 22.2 Å². The first kappa shape index (κ1) is 20.9. The number of anilines is 1. The Morgan fingerprint density at radius 3 is 2.03 bits per heavy atom. The molecular weight excluding hydrogens is 470 g/mol. The molecule has 0 fully saturated rings. The summed E-state index contributed by atoms with van der Waals surface area (Å²) in [7, 11) is 0. The predicted octanol–water partition coefficient (Wildman–Crippen LogP) is 8.36. The summed E-state index contributed by atoms with van der Waals surface area (Å²) in [6, 6.07) is 37.2. The fourth-order valence-corrected chi connectivity index (χ4v) is 5.84. The van der Waals surface area contributed by atoms with Crippen LogP contribution in [0.4, 0.5) is 5.69 Å². The van der Waals surface area contributed by atoms with E-state index in [1.165, 1.54) is 4.90 Å². The van der Waals surface area contributed by atoms with Crippen LogP contribution in [0.2, 0.25) is 0 Å². The van der Waals surface area contributed by atoms with Crippen molar-refractivity contribution in [2.45, 2.75) is 0 Å². The van der Waals surface area contributed by atoms with E-state index in [1.807, 2.05) is 97.1 Å². The van der Waals surface area contributed by atoms with Crippen molar-refractivity contribution in [3.8, 4) is 11.1 Å². The van der Waals surface area contributed by atoms with Crippen molar-refractivity contribution in [3.63, 3.8) is 0 Å². The Bertz CT molecular complexity index is 2110. The predicted molar refractivity (Wildman–Crippen MR) is 152 cm³/mol. The molecule has 8 rings (SSSR count). The quantitative estimate of drug-likeness (QED) is 0.229. The lowest BCUT2D eigenvalue weighted by Crippen LogP contribution is -2.40. The summed E-state index contributed by atoms with van der Waals surface area (Å²) in [6.45, 7) is 0. The van der Waals surface area contributed by atoms with Crippen molar-refractivity contribution in [2.24, 2.45) is 0 Å². The van der Waals surface area contributed by atoms with Gasteiger partial charge < -0.3 is 4.42 Å². The molecule has 2 amide bonds. The Hall–Kier alpha value is -5.22. The zero-order chi connectivity index (χ0) is 25.4. The van der Waals surface area contributed by atoms with Crippen molar-refractivity contribution >= 4 is 61.0 Å². The molecule has 1 aliphatic heterocycles. The molecule has 1 aromatic heterocycles. The van der Waals surface area contributed by atoms with Crippen LogP contribution in [0, 0.1) is 0 Å². The molecule has 0 aliphatic carbocycles. The van der Waals surface area contributed by atoms with Gasteiger partial charge in [-0.25, -0.2) is 4.90 Å². The molecule has 0 saturated carbocycles. The van der Waals surface area contributed by atoms with Gasteiger partial charge in [0.15, 0.2) is 0 Å². The average molecular weight is 490 g/mol. The molecule has 6 aromatic carbocycles. The molecule has 0 saturated heterocycles. The van der Waals surface area contributed by atoms with Crippen LogP contribution < -0.4 is 4.90 Å². The van der Waals surface area contributed by atoms with Gasteiger partial charge in [0.05, 0.1) is 5.69 Å². The average Bonchev–Trinajstić information content (AvgIpc) is 3.35. The van der Waals surface area contributed by atoms with E-state index in [2.05, 4.69) is 12.1 Å². The second-order valence-corrected chi connectivity index (χ2v) is 9.65. The minimum absolute atomic E-state index is 0.317. The normalized spacial score (nSPS) is 13.3. The van der Waals surface area contributed by atoms with Crippen molar-refractivity contribution in [2.75, 3.05) is 4.90 Å². The summed E-state index contributed by atoms with van der Waals surface area (Å²) < 4.78 is 6.30. The minimum Gasteiger partial charge on any atom is -0.455 e. The third kappa shape index (κ3) is 2.80. The van der Waals surface area contributed by atoms with E-state index < -0.39 is 0 Å². The van der Waals surface area contributed by atoms with Gasteiger partial charge >= 0.3 is 0 Å². The number of carbonyl (C=O) groups is 2. The first-order valence-corrected chi connectivity index (χ1v) is 12.5. The highest BCUT2D eigenvalue weighted by atomic mass is 16.3.